The Kier molecular flexibility index (Phi) is 21.9. The van der Waals surface area contributed by atoms with Gasteiger partial charge in [-0.1, -0.05) is 111 Å². The number of carbonyl (C=O) groups excluding carboxylic acids is 2. The highest BCUT2D eigenvalue weighted by molar-refractivity contribution is 5.81. The first-order chi connectivity index (χ1) is 16.4. The molecule has 1 atom stereocenters. The highest BCUT2D eigenvalue weighted by Crippen LogP contribution is 2.15. The van der Waals surface area contributed by atoms with Crippen LogP contribution in [0.5, 0.6) is 0 Å². The fraction of sp³-hybridized carbons (Fsp3) is 0.862. The highest BCUT2D eigenvalue weighted by Gasteiger charge is 2.29. The van der Waals surface area contributed by atoms with Crippen LogP contribution in [0.25, 0.3) is 0 Å². The van der Waals surface area contributed by atoms with Crippen molar-refractivity contribution in [3.63, 3.8) is 0 Å². The van der Waals surface area contributed by atoms with E-state index in [0.717, 1.165) is 12.8 Å². The summed E-state index contributed by atoms with van der Waals surface area (Å²) >= 11 is 0. The minimum atomic E-state index is -0.630. The molecule has 0 aliphatic heterocycles. The van der Waals surface area contributed by atoms with Gasteiger partial charge in [0.1, 0.15) is 12.6 Å². The summed E-state index contributed by atoms with van der Waals surface area (Å²) in [5, 5.41) is 0. The van der Waals surface area contributed by atoms with Crippen LogP contribution in [0.3, 0.4) is 0 Å². The van der Waals surface area contributed by atoms with E-state index in [2.05, 4.69) is 12.8 Å². The molecule has 0 rings (SSSR count). The molecule has 0 radical (unpaired) electrons. The lowest BCUT2D eigenvalue weighted by Crippen LogP contribution is -2.44. The van der Waals surface area contributed by atoms with E-state index < -0.39 is 12.1 Å². The lowest BCUT2D eigenvalue weighted by molar-refractivity contribution is -0.149. The molecule has 0 saturated carbocycles. The van der Waals surface area contributed by atoms with Crippen LogP contribution < -0.4 is 0 Å². The number of rotatable bonds is 22. The van der Waals surface area contributed by atoms with E-state index in [-0.39, 0.29) is 18.5 Å². The number of carbonyl (C=O) groups is 2. The first-order valence-corrected chi connectivity index (χ1v) is 13.9. The maximum Gasteiger partial charge on any atom is 0.410 e. The molecule has 198 valence electrons. The fourth-order valence-electron chi connectivity index (χ4n) is 4.03. The molecule has 1 amide bonds. The minimum absolute atomic E-state index is 0.155. The summed E-state index contributed by atoms with van der Waals surface area (Å²) in [6.07, 6.45) is 25.1. The van der Waals surface area contributed by atoms with Crippen LogP contribution in [0.15, 0.2) is 0 Å². The van der Waals surface area contributed by atoms with Gasteiger partial charge in [-0.15, -0.1) is 12.3 Å². The number of likely N-dealkylation sites (N-methyl/N-ethyl adjacent to an activating group) is 1. The summed E-state index contributed by atoms with van der Waals surface area (Å²) in [4.78, 5) is 26.1. The summed E-state index contributed by atoms with van der Waals surface area (Å²) in [6.45, 7) is 6.87. The van der Waals surface area contributed by atoms with E-state index in [1.165, 1.54) is 88.4 Å². The Hall–Kier alpha value is -1.70. The number of hydrogen-bond donors (Lipinski definition) is 0. The average molecular weight is 480 g/mol. The zero-order valence-electron chi connectivity index (χ0n) is 22.7. The molecule has 0 unspecified atom stereocenters. The van der Waals surface area contributed by atoms with E-state index in [9.17, 15) is 9.59 Å². The molecule has 0 aromatic heterocycles. The largest absolute Gasteiger partial charge is 0.464 e. The van der Waals surface area contributed by atoms with E-state index in [4.69, 9.17) is 15.9 Å². The fourth-order valence-corrected chi connectivity index (χ4v) is 4.03. The molecule has 0 aliphatic rings. The lowest BCUT2D eigenvalue weighted by Gasteiger charge is -2.27. The summed E-state index contributed by atoms with van der Waals surface area (Å²) in [5.74, 6) is 2.33. The van der Waals surface area contributed by atoms with Gasteiger partial charge in [-0.25, -0.2) is 9.59 Å². The maximum absolute atomic E-state index is 12.6. The number of amides is 1. The number of unbranched alkanes of at least 4 members (excludes halogenated alkanes) is 14. The normalized spacial score (nSPS) is 11.8. The van der Waals surface area contributed by atoms with Gasteiger partial charge < -0.3 is 9.47 Å². The van der Waals surface area contributed by atoms with Gasteiger partial charge in [0.05, 0.1) is 6.61 Å². The summed E-state index contributed by atoms with van der Waals surface area (Å²) in [7, 11) is 1.58. The predicted molar refractivity (Wildman–Crippen MR) is 142 cm³/mol. The average Bonchev–Trinajstić information content (AvgIpc) is 2.81. The molecule has 0 aromatic rings. The Labute approximate surface area is 210 Å². The van der Waals surface area contributed by atoms with Crippen LogP contribution in [-0.2, 0) is 14.3 Å². The zero-order chi connectivity index (χ0) is 25.4. The Balaban J connectivity index is 3.83. The third-order valence-corrected chi connectivity index (χ3v) is 6.19. The molecule has 0 saturated heterocycles. The number of terminal acetylenes is 1. The number of hydrogen-bond acceptors (Lipinski definition) is 4. The molecule has 0 aliphatic carbocycles. The number of esters is 1. The maximum atomic E-state index is 12.6. The van der Waals surface area contributed by atoms with Crippen molar-refractivity contribution in [2.45, 2.75) is 136 Å². The topological polar surface area (TPSA) is 55.8 Å². The van der Waals surface area contributed by atoms with Gasteiger partial charge in [0.25, 0.3) is 0 Å². The predicted octanol–water partition coefficient (Wildman–Crippen LogP) is 7.91. The molecule has 5 heteroatoms. The van der Waals surface area contributed by atoms with Crippen LogP contribution in [0.1, 0.15) is 130 Å². The Bertz CT molecular complexity index is 541. The van der Waals surface area contributed by atoms with Gasteiger partial charge in [0, 0.05) is 13.5 Å². The molecular formula is C29H53NO4. The summed E-state index contributed by atoms with van der Waals surface area (Å²) in [5.41, 5.74) is 0. The Morgan fingerprint density at radius 3 is 1.68 bits per heavy atom. The first-order valence-electron chi connectivity index (χ1n) is 13.9. The smallest absolute Gasteiger partial charge is 0.410 e. The minimum Gasteiger partial charge on any atom is -0.464 e. The van der Waals surface area contributed by atoms with Crippen LogP contribution in [0, 0.1) is 18.3 Å². The van der Waals surface area contributed by atoms with Crippen LogP contribution in [0.4, 0.5) is 4.79 Å². The van der Waals surface area contributed by atoms with Crippen molar-refractivity contribution in [3.05, 3.63) is 0 Å². The molecule has 0 spiro atoms. The Morgan fingerprint density at radius 2 is 1.24 bits per heavy atom. The van der Waals surface area contributed by atoms with Crippen molar-refractivity contribution < 1.29 is 19.1 Å². The van der Waals surface area contributed by atoms with Gasteiger partial charge in [-0.05, 0) is 18.8 Å². The molecule has 0 N–H and O–H groups in total. The van der Waals surface area contributed by atoms with Gasteiger partial charge in [-0.2, -0.15) is 0 Å². The van der Waals surface area contributed by atoms with Gasteiger partial charge in [0.15, 0.2) is 0 Å². The molecule has 5 nitrogen and oxygen atoms in total. The van der Waals surface area contributed by atoms with Crippen LogP contribution in [-0.4, -0.2) is 43.3 Å². The molecule has 0 fully saturated rings. The van der Waals surface area contributed by atoms with E-state index in [0.29, 0.717) is 19.4 Å². The van der Waals surface area contributed by atoms with Crippen molar-refractivity contribution in [1.82, 2.24) is 4.90 Å². The second-order valence-electron chi connectivity index (χ2n) is 9.94. The number of nitrogens with zero attached hydrogens (tertiary/aromatic N) is 1. The molecule has 0 bridgehead atoms. The van der Waals surface area contributed by atoms with Crippen molar-refractivity contribution in [1.29, 1.82) is 0 Å². The second kappa shape index (κ2) is 23.1. The third kappa shape index (κ3) is 18.7. The van der Waals surface area contributed by atoms with Crippen molar-refractivity contribution in [3.8, 4) is 12.3 Å². The molecular weight excluding hydrogens is 426 g/mol. The zero-order valence-corrected chi connectivity index (χ0v) is 22.7. The SMILES string of the molecule is C#CCCOC(=O)N(C)[C@@H](CC(C)C)C(=O)OCCCCCCCCCCCCCCCCC. The lowest BCUT2D eigenvalue weighted by atomic mass is 10.0. The molecule has 34 heavy (non-hydrogen) atoms. The molecule has 0 heterocycles. The standard InChI is InChI=1S/C29H53NO4/c1-6-8-10-11-12-13-14-15-16-17-18-19-20-21-22-24-33-28(31)27(25-26(3)4)30(5)29(32)34-23-9-7-2/h2,26-27H,6,8-25H2,1,3-5H3/t27-/m0/s1. The van der Waals surface area contributed by atoms with Gasteiger partial charge in [-0.3, -0.25) is 4.90 Å². The van der Waals surface area contributed by atoms with Gasteiger partial charge >= 0.3 is 12.1 Å². The van der Waals surface area contributed by atoms with E-state index in [1.807, 2.05) is 13.8 Å². The summed E-state index contributed by atoms with van der Waals surface area (Å²) in [6, 6.07) is -0.630. The second-order valence-corrected chi connectivity index (χ2v) is 9.94. The first kappa shape index (κ1) is 32.3. The quantitative estimate of drug-likeness (QED) is 0.0899. The van der Waals surface area contributed by atoms with E-state index >= 15 is 0 Å². The monoisotopic (exact) mass is 479 g/mol. The van der Waals surface area contributed by atoms with Crippen molar-refractivity contribution >= 4 is 12.1 Å². The number of ether oxygens (including phenoxy) is 2. The summed E-state index contributed by atoms with van der Waals surface area (Å²) < 4.78 is 10.6. The third-order valence-electron chi connectivity index (χ3n) is 6.19. The van der Waals surface area contributed by atoms with Crippen molar-refractivity contribution in [2.24, 2.45) is 5.92 Å². The van der Waals surface area contributed by atoms with Crippen molar-refractivity contribution in [2.75, 3.05) is 20.3 Å². The van der Waals surface area contributed by atoms with Crippen LogP contribution in [0.2, 0.25) is 0 Å². The molecule has 0 aromatic carbocycles. The Morgan fingerprint density at radius 1 is 0.765 bits per heavy atom. The van der Waals surface area contributed by atoms with Crippen LogP contribution >= 0.6 is 0 Å². The highest BCUT2D eigenvalue weighted by atomic mass is 16.6. The van der Waals surface area contributed by atoms with E-state index in [1.54, 1.807) is 7.05 Å². The van der Waals surface area contributed by atoms with Gasteiger partial charge in [0.2, 0.25) is 0 Å².